The molecular formula is C27H17N3S. The van der Waals surface area contributed by atoms with Crippen LogP contribution in [-0.2, 0) is 0 Å². The van der Waals surface area contributed by atoms with Crippen LogP contribution in [0.4, 0.5) is 0 Å². The summed E-state index contributed by atoms with van der Waals surface area (Å²) in [5, 5.41) is 3.77. The second kappa shape index (κ2) is 6.30. The fourth-order valence-corrected chi connectivity index (χ4v) is 5.90. The number of aromatic nitrogens is 3. The average molecular weight is 416 g/mol. The van der Waals surface area contributed by atoms with Crippen molar-refractivity contribution in [2.75, 3.05) is 0 Å². The highest BCUT2D eigenvalue weighted by Crippen LogP contribution is 2.42. The Morgan fingerprint density at radius 2 is 1.45 bits per heavy atom. The van der Waals surface area contributed by atoms with Crippen LogP contribution >= 0.6 is 11.3 Å². The smallest absolute Gasteiger partial charge is 0.122 e. The summed E-state index contributed by atoms with van der Waals surface area (Å²) in [5.74, 6) is 1.11. The van der Waals surface area contributed by atoms with Crippen LogP contribution in [0.5, 0.6) is 0 Å². The van der Waals surface area contributed by atoms with Crippen LogP contribution in [0, 0.1) is 0 Å². The fourth-order valence-electron chi connectivity index (χ4n) is 4.68. The van der Waals surface area contributed by atoms with E-state index in [1.807, 2.05) is 17.5 Å². The minimum atomic E-state index is 1.09. The third kappa shape index (κ3) is 2.31. The highest BCUT2D eigenvalue weighted by Gasteiger charge is 2.19. The standard InChI is InChI=1S/C27H17N3S/c1-2-9-18(10-3-1)29-16-8-15-24(29)30-21-13-6-4-11-19(21)25-22(30)17-28-26-20-12-5-7-14-23(20)31-27(25)26/h1-17H. The lowest BCUT2D eigenvalue weighted by atomic mass is 10.1. The van der Waals surface area contributed by atoms with Crippen molar-refractivity contribution in [2.24, 2.45) is 0 Å². The maximum atomic E-state index is 4.95. The van der Waals surface area contributed by atoms with Crippen LogP contribution in [0.25, 0.3) is 53.6 Å². The zero-order valence-electron chi connectivity index (χ0n) is 16.6. The maximum Gasteiger partial charge on any atom is 0.122 e. The lowest BCUT2D eigenvalue weighted by molar-refractivity contribution is 0.974. The Morgan fingerprint density at radius 3 is 2.35 bits per heavy atom. The minimum Gasteiger partial charge on any atom is -0.303 e. The van der Waals surface area contributed by atoms with Crippen molar-refractivity contribution in [1.82, 2.24) is 14.1 Å². The molecule has 0 aliphatic carbocycles. The van der Waals surface area contributed by atoms with Crippen molar-refractivity contribution >= 4 is 53.4 Å². The van der Waals surface area contributed by atoms with Crippen LogP contribution < -0.4 is 0 Å². The SMILES string of the molecule is c1ccc(-n2cccc2-n2c3ccccc3c3c4sc5ccccc5c4ncc32)cc1. The van der Waals surface area contributed by atoms with Crippen molar-refractivity contribution in [3.8, 4) is 11.5 Å². The number of nitrogens with zero attached hydrogens (tertiary/aromatic N) is 3. The number of rotatable bonds is 2. The van der Waals surface area contributed by atoms with Gasteiger partial charge in [0.15, 0.2) is 0 Å². The Bertz CT molecular complexity index is 1730. The lowest BCUT2D eigenvalue weighted by Gasteiger charge is -2.12. The van der Waals surface area contributed by atoms with Gasteiger partial charge in [-0.05, 0) is 36.4 Å². The molecule has 0 saturated heterocycles. The van der Waals surface area contributed by atoms with E-state index in [9.17, 15) is 0 Å². The molecule has 4 heteroatoms. The normalized spacial score (nSPS) is 11.9. The highest BCUT2D eigenvalue weighted by molar-refractivity contribution is 7.26. The maximum absolute atomic E-state index is 4.95. The summed E-state index contributed by atoms with van der Waals surface area (Å²) in [7, 11) is 0. The van der Waals surface area contributed by atoms with Crippen molar-refractivity contribution in [1.29, 1.82) is 0 Å². The molecule has 0 spiro atoms. The van der Waals surface area contributed by atoms with E-state index in [-0.39, 0.29) is 0 Å². The summed E-state index contributed by atoms with van der Waals surface area (Å²) < 4.78 is 7.11. The van der Waals surface area contributed by atoms with Crippen molar-refractivity contribution in [2.45, 2.75) is 0 Å². The van der Waals surface area contributed by atoms with Crippen LogP contribution in [0.15, 0.2) is 103 Å². The van der Waals surface area contributed by atoms with Gasteiger partial charge in [-0.2, -0.15) is 0 Å². The van der Waals surface area contributed by atoms with Gasteiger partial charge >= 0.3 is 0 Å². The molecule has 4 aromatic heterocycles. The van der Waals surface area contributed by atoms with Gasteiger partial charge in [-0.3, -0.25) is 9.55 Å². The number of hydrogen-bond donors (Lipinski definition) is 0. The molecule has 146 valence electrons. The van der Waals surface area contributed by atoms with E-state index in [1.54, 1.807) is 0 Å². The Balaban J connectivity index is 1.65. The van der Waals surface area contributed by atoms with Crippen LogP contribution in [0.2, 0.25) is 0 Å². The summed E-state index contributed by atoms with van der Waals surface area (Å²) >= 11 is 1.83. The summed E-state index contributed by atoms with van der Waals surface area (Å²) in [6.45, 7) is 0. The quantitative estimate of drug-likeness (QED) is 0.290. The van der Waals surface area contributed by atoms with E-state index < -0.39 is 0 Å². The lowest BCUT2D eigenvalue weighted by Crippen LogP contribution is -2.03. The fraction of sp³-hybridized carbons (Fsp3) is 0. The molecule has 0 bridgehead atoms. The summed E-state index contributed by atoms with van der Waals surface area (Å²) in [6.07, 6.45) is 4.16. The van der Waals surface area contributed by atoms with Crippen molar-refractivity contribution in [3.63, 3.8) is 0 Å². The predicted octanol–water partition coefficient (Wildman–Crippen LogP) is 7.34. The van der Waals surface area contributed by atoms with Gasteiger partial charge in [0.05, 0.1) is 27.4 Å². The Morgan fingerprint density at radius 1 is 0.677 bits per heavy atom. The number of thiophene rings is 1. The monoisotopic (exact) mass is 415 g/mol. The molecule has 7 aromatic rings. The third-order valence-electron chi connectivity index (χ3n) is 6.01. The molecular weight excluding hydrogens is 398 g/mol. The van der Waals surface area contributed by atoms with E-state index in [1.165, 1.54) is 31.1 Å². The molecule has 7 rings (SSSR count). The van der Waals surface area contributed by atoms with Gasteiger partial charge in [-0.25, -0.2) is 0 Å². The predicted molar refractivity (Wildman–Crippen MR) is 131 cm³/mol. The Kier molecular flexibility index (Phi) is 3.43. The zero-order chi connectivity index (χ0) is 20.4. The Hall–Kier alpha value is -3.89. The molecule has 4 heterocycles. The van der Waals surface area contributed by atoms with E-state index in [0.717, 1.165) is 22.5 Å². The van der Waals surface area contributed by atoms with Crippen molar-refractivity contribution < 1.29 is 0 Å². The summed E-state index contributed by atoms with van der Waals surface area (Å²) in [4.78, 5) is 4.95. The molecule has 0 aliphatic rings. The zero-order valence-corrected chi connectivity index (χ0v) is 17.4. The molecule has 3 nitrogen and oxygen atoms in total. The van der Waals surface area contributed by atoms with Crippen LogP contribution in [0.3, 0.4) is 0 Å². The van der Waals surface area contributed by atoms with Crippen LogP contribution in [0.1, 0.15) is 0 Å². The van der Waals surface area contributed by atoms with E-state index in [4.69, 9.17) is 4.98 Å². The first kappa shape index (κ1) is 16.9. The van der Waals surface area contributed by atoms with Crippen LogP contribution in [-0.4, -0.2) is 14.1 Å². The number of benzene rings is 3. The topological polar surface area (TPSA) is 22.8 Å². The molecule has 0 saturated carbocycles. The molecule has 0 fully saturated rings. The molecule has 0 unspecified atom stereocenters. The largest absolute Gasteiger partial charge is 0.303 e. The van der Waals surface area contributed by atoms with Gasteiger partial charge in [-0.15, -0.1) is 11.3 Å². The molecule has 0 amide bonds. The molecule has 31 heavy (non-hydrogen) atoms. The van der Waals surface area contributed by atoms with Gasteiger partial charge in [0.25, 0.3) is 0 Å². The molecule has 0 atom stereocenters. The Labute approximate surface area is 182 Å². The van der Waals surface area contributed by atoms with Gasteiger partial charge in [-0.1, -0.05) is 54.6 Å². The molecule has 0 N–H and O–H groups in total. The number of pyridine rings is 1. The van der Waals surface area contributed by atoms with E-state index in [2.05, 4.69) is 106 Å². The number of fused-ring (bicyclic) bond motifs is 7. The second-order valence-electron chi connectivity index (χ2n) is 7.72. The van der Waals surface area contributed by atoms with Gasteiger partial charge in [0, 0.05) is 32.7 Å². The van der Waals surface area contributed by atoms with Gasteiger partial charge < -0.3 is 4.57 Å². The third-order valence-corrected chi connectivity index (χ3v) is 7.19. The van der Waals surface area contributed by atoms with Gasteiger partial charge in [0.2, 0.25) is 0 Å². The first-order valence-corrected chi connectivity index (χ1v) is 11.1. The summed E-state index contributed by atoms with van der Waals surface area (Å²) in [6, 6.07) is 32.0. The summed E-state index contributed by atoms with van der Waals surface area (Å²) in [5.41, 5.74) is 4.56. The molecule has 3 aromatic carbocycles. The number of para-hydroxylation sites is 2. The second-order valence-corrected chi connectivity index (χ2v) is 8.77. The van der Waals surface area contributed by atoms with E-state index >= 15 is 0 Å². The minimum absolute atomic E-state index is 1.09. The molecule has 0 radical (unpaired) electrons. The first-order valence-electron chi connectivity index (χ1n) is 10.3. The number of hydrogen-bond acceptors (Lipinski definition) is 2. The highest BCUT2D eigenvalue weighted by atomic mass is 32.1. The van der Waals surface area contributed by atoms with Crippen molar-refractivity contribution in [3.05, 3.63) is 103 Å². The van der Waals surface area contributed by atoms with Gasteiger partial charge in [0.1, 0.15) is 5.82 Å². The average Bonchev–Trinajstić information content (AvgIpc) is 3.52. The molecule has 0 aliphatic heterocycles. The van der Waals surface area contributed by atoms with E-state index in [0.29, 0.717) is 0 Å². The first-order chi connectivity index (χ1) is 15.4.